The minimum Gasteiger partial charge on any atom is -0.406 e. The summed E-state index contributed by atoms with van der Waals surface area (Å²) in [6, 6.07) is 18.3. The van der Waals surface area contributed by atoms with Gasteiger partial charge in [-0.3, -0.25) is 5.01 Å². The fourth-order valence-electron chi connectivity index (χ4n) is 4.25. The van der Waals surface area contributed by atoms with Crippen LogP contribution in [0.2, 0.25) is 0 Å². The zero-order chi connectivity index (χ0) is 29.6. The second-order valence-electron chi connectivity index (χ2n) is 9.14. The third kappa shape index (κ3) is 7.88. The number of aryl methyl sites for hydroxylation is 2. The number of rotatable bonds is 7. The normalized spacial score (nSPS) is 14.7. The number of urea groups is 1. The number of anilines is 2. The van der Waals surface area contributed by atoms with E-state index >= 15 is 0 Å². The number of hydrogen-bond acceptors (Lipinski definition) is 5. The number of thioether (sulfide) groups is 1. The second kappa shape index (κ2) is 12.9. The van der Waals surface area contributed by atoms with Gasteiger partial charge in [-0.2, -0.15) is 10.1 Å². The SMILES string of the molecule is C=N/C(=N\N(C)c1ccc(OC(F)(F)F)cc1)c1ccc(CNC(=O)N=C2SCCN2c2c(C)cccc2C)cc1. The number of carbonyl (C=O) groups is 1. The number of nitrogens with zero attached hydrogens (tertiary/aromatic N) is 5. The summed E-state index contributed by atoms with van der Waals surface area (Å²) in [5.41, 5.74) is 5.41. The molecule has 1 fully saturated rings. The van der Waals surface area contributed by atoms with Crippen LogP contribution in [0.15, 0.2) is 81.8 Å². The molecule has 3 aromatic rings. The van der Waals surface area contributed by atoms with Gasteiger partial charge in [0.05, 0.1) is 5.69 Å². The van der Waals surface area contributed by atoms with Crippen molar-refractivity contribution >= 4 is 46.9 Å². The van der Waals surface area contributed by atoms with Crippen molar-refractivity contribution < 1.29 is 22.7 Å². The van der Waals surface area contributed by atoms with E-state index in [2.05, 4.69) is 62.7 Å². The molecule has 0 atom stereocenters. The first-order valence-corrected chi connectivity index (χ1v) is 13.6. The van der Waals surface area contributed by atoms with E-state index in [1.165, 1.54) is 29.3 Å². The Bertz CT molecular complexity index is 1440. The topological polar surface area (TPSA) is 81.9 Å². The van der Waals surface area contributed by atoms with Crippen molar-refractivity contribution in [1.82, 2.24) is 5.32 Å². The summed E-state index contributed by atoms with van der Waals surface area (Å²) in [6.07, 6.45) is -4.76. The highest BCUT2D eigenvalue weighted by Crippen LogP contribution is 2.31. The Kier molecular flexibility index (Phi) is 9.33. The van der Waals surface area contributed by atoms with Crippen LogP contribution in [0.5, 0.6) is 5.75 Å². The number of hydrogen-bond donors (Lipinski definition) is 1. The number of carbonyl (C=O) groups excluding carboxylic acids is 1. The lowest BCUT2D eigenvalue weighted by molar-refractivity contribution is -0.274. The lowest BCUT2D eigenvalue weighted by Gasteiger charge is -2.22. The van der Waals surface area contributed by atoms with Gasteiger partial charge in [-0.05, 0) is 61.5 Å². The first kappa shape index (κ1) is 29.7. The summed E-state index contributed by atoms with van der Waals surface area (Å²) < 4.78 is 41.1. The van der Waals surface area contributed by atoms with E-state index in [9.17, 15) is 18.0 Å². The maximum atomic E-state index is 12.6. The van der Waals surface area contributed by atoms with Crippen molar-refractivity contribution in [3.05, 3.63) is 89.0 Å². The predicted molar refractivity (Wildman–Crippen MR) is 159 cm³/mol. The van der Waals surface area contributed by atoms with E-state index in [1.54, 1.807) is 30.9 Å². The number of amides is 2. The summed E-state index contributed by atoms with van der Waals surface area (Å²) in [4.78, 5) is 23.0. The van der Waals surface area contributed by atoms with E-state index in [-0.39, 0.29) is 12.3 Å². The fraction of sp³-hybridized carbons (Fsp3) is 0.241. The number of hydrazone groups is 1. The predicted octanol–water partition coefficient (Wildman–Crippen LogP) is 6.52. The highest BCUT2D eigenvalue weighted by molar-refractivity contribution is 8.14. The first-order valence-electron chi connectivity index (χ1n) is 12.6. The number of aliphatic imine (C=N–C) groups is 2. The molecule has 2 amide bonds. The lowest BCUT2D eigenvalue weighted by Crippen LogP contribution is -2.28. The molecule has 0 bridgehead atoms. The van der Waals surface area contributed by atoms with E-state index in [1.807, 2.05) is 18.2 Å². The highest BCUT2D eigenvalue weighted by Gasteiger charge is 2.31. The van der Waals surface area contributed by atoms with Gasteiger partial charge in [0.2, 0.25) is 0 Å². The molecule has 3 aromatic carbocycles. The zero-order valence-corrected chi connectivity index (χ0v) is 23.6. The molecular formula is C29H29F3N6O2S. The van der Waals surface area contributed by atoms with Crippen molar-refractivity contribution in [3.8, 4) is 5.75 Å². The highest BCUT2D eigenvalue weighted by atomic mass is 32.2. The van der Waals surface area contributed by atoms with Crippen LogP contribution in [0.4, 0.5) is 29.3 Å². The molecule has 0 aromatic heterocycles. The van der Waals surface area contributed by atoms with Gasteiger partial charge in [0.15, 0.2) is 11.0 Å². The molecule has 8 nitrogen and oxygen atoms in total. The van der Waals surface area contributed by atoms with Gasteiger partial charge in [-0.15, -0.1) is 13.2 Å². The Labute approximate surface area is 240 Å². The maximum Gasteiger partial charge on any atom is 0.573 e. The molecule has 1 aliphatic rings. The fourth-order valence-corrected chi connectivity index (χ4v) is 5.20. The number of amidine groups is 2. The second-order valence-corrected chi connectivity index (χ2v) is 10.2. The van der Waals surface area contributed by atoms with Gasteiger partial charge in [-0.25, -0.2) is 9.79 Å². The van der Waals surface area contributed by atoms with Crippen molar-refractivity contribution in [2.24, 2.45) is 15.1 Å². The molecule has 4 rings (SSSR count). The molecule has 0 unspecified atom stereocenters. The van der Waals surface area contributed by atoms with Gasteiger partial charge < -0.3 is 15.0 Å². The molecule has 1 saturated heterocycles. The molecule has 214 valence electrons. The lowest BCUT2D eigenvalue weighted by atomic mass is 10.1. The molecule has 1 aliphatic heterocycles. The maximum absolute atomic E-state index is 12.6. The number of ether oxygens (including phenoxy) is 1. The Hall–Kier alpha value is -4.32. The summed E-state index contributed by atoms with van der Waals surface area (Å²) >= 11 is 1.56. The third-order valence-corrected chi connectivity index (χ3v) is 7.13. The standard InChI is InChI=1S/C29H29F3N6O2S/c1-19-6-5-7-20(2)25(19)38-16-17-41-28(38)35-27(39)34-18-21-8-10-22(11-9-21)26(33-3)36-37(4)23-12-14-24(15-13-23)40-29(30,31)32/h5-15H,3,16-18H2,1-2,4H3,(H,34,39)/b35-28?,36-26-. The molecule has 0 saturated carbocycles. The summed E-state index contributed by atoms with van der Waals surface area (Å²) in [5.74, 6) is 0.848. The van der Waals surface area contributed by atoms with Gasteiger partial charge in [-0.1, -0.05) is 54.2 Å². The average Bonchev–Trinajstić information content (AvgIpc) is 3.37. The average molecular weight is 583 g/mol. The van der Waals surface area contributed by atoms with Crippen molar-refractivity contribution in [2.75, 3.05) is 29.3 Å². The van der Waals surface area contributed by atoms with E-state index in [4.69, 9.17) is 0 Å². The molecule has 1 heterocycles. The van der Waals surface area contributed by atoms with Crippen LogP contribution < -0.4 is 20.0 Å². The van der Waals surface area contributed by atoms with E-state index in [0.29, 0.717) is 22.3 Å². The van der Waals surface area contributed by atoms with Crippen LogP contribution in [0.1, 0.15) is 22.3 Å². The van der Waals surface area contributed by atoms with Crippen molar-refractivity contribution in [2.45, 2.75) is 26.8 Å². The van der Waals surface area contributed by atoms with Crippen molar-refractivity contribution in [3.63, 3.8) is 0 Å². The number of para-hydroxylation sites is 1. The monoisotopic (exact) mass is 582 g/mol. The van der Waals surface area contributed by atoms with E-state index in [0.717, 1.165) is 34.7 Å². The van der Waals surface area contributed by atoms with Crippen LogP contribution in [0.3, 0.4) is 0 Å². The first-order chi connectivity index (χ1) is 19.5. The molecule has 12 heteroatoms. The number of halogens is 3. The number of benzene rings is 3. The number of nitrogens with one attached hydrogen (secondary N) is 1. The van der Waals surface area contributed by atoms with Crippen LogP contribution in [-0.2, 0) is 6.54 Å². The molecule has 0 spiro atoms. The Morgan fingerprint density at radius 3 is 2.34 bits per heavy atom. The Morgan fingerprint density at radius 2 is 1.73 bits per heavy atom. The van der Waals surface area contributed by atoms with Crippen LogP contribution >= 0.6 is 11.8 Å². The molecule has 1 N–H and O–H groups in total. The van der Waals surface area contributed by atoms with Gasteiger partial charge >= 0.3 is 12.4 Å². The summed E-state index contributed by atoms with van der Waals surface area (Å²) in [5, 5.41) is 9.40. The molecule has 41 heavy (non-hydrogen) atoms. The molecule has 0 radical (unpaired) electrons. The van der Waals surface area contributed by atoms with E-state index < -0.39 is 12.4 Å². The zero-order valence-electron chi connectivity index (χ0n) is 22.8. The Balaban J connectivity index is 1.37. The summed E-state index contributed by atoms with van der Waals surface area (Å²) in [7, 11) is 1.64. The van der Waals surface area contributed by atoms with Crippen LogP contribution in [-0.4, -0.2) is 49.5 Å². The van der Waals surface area contributed by atoms with Gasteiger partial charge in [0.1, 0.15) is 5.75 Å². The Morgan fingerprint density at radius 1 is 1.07 bits per heavy atom. The quantitative estimate of drug-likeness (QED) is 0.195. The third-order valence-electron chi connectivity index (χ3n) is 6.18. The van der Waals surface area contributed by atoms with Crippen LogP contribution in [0, 0.1) is 13.8 Å². The smallest absolute Gasteiger partial charge is 0.406 e. The summed E-state index contributed by atoms with van der Waals surface area (Å²) in [6.45, 7) is 8.75. The van der Waals surface area contributed by atoms with Gasteiger partial charge in [0.25, 0.3) is 0 Å². The minimum atomic E-state index is -4.76. The number of alkyl halides is 3. The minimum absolute atomic E-state index is 0.282. The largest absolute Gasteiger partial charge is 0.573 e. The van der Waals surface area contributed by atoms with Gasteiger partial charge in [0, 0.05) is 37.1 Å². The molecular weight excluding hydrogens is 553 g/mol. The van der Waals surface area contributed by atoms with Crippen molar-refractivity contribution in [1.29, 1.82) is 0 Å². The van der Waals surface area contributed by atoms with Crippen LogP contribution in [0.25, 0.3) is 0 Å². The molecule has 0 aliphatic carbocycles.